The highest BCUT2D eigenvalue weighted by Gasteiger charge is 2.10. The number of nitrogens with one attached hydrogen (secondary N) is 1. The summed E-state index contributed by atoms with van der Waals surface area (Å²) in [5, 5.41) is 12.1. The smallest absolute Gasteiger partial charge is 0.274 e. The van der Waals surface area contributed by atoms with E-state index in [0.717, 1.165) is 11.3 Å². The van der Waals surface area contributed by atoms with Gasteiger partial charge in [0.2, 0.25) is 0 Å². The number of H-pyrrole nitrogens is 1. The zero-order valence-corrected chi connectivity index (χ0v) is 8.61. The number of aromatic nitrogens is 2. The first kappa shape index (κ1) is 9.58. The van der Waals surface area contributed by atoms with Crippen molar-refractivity contribution in [1.82, 2.24) is 9.78 Å². The fourth-order valence-corrected chi connectivity index (χ4v) is 1.65. The lowest BCUT2D eigenvalue weighted by Crippen LogP contribution is -2.12. The molecule has 78 valence electrons. The third kappa shape index (κ3) is 1.54. The van der Waals surface area contributed by atoms with Crippen molar-refractivity contribution in [3.05, 3.63) is 40.3 Å². The van der Waals surface area contributed by atoms with E-state index in [-0.39, 0.29) is 11.3 Å². The van der Waals surface area contributed by atoms with Crippen molar-refractivity contribution in [1.29, 1.82) is 0 Å². The lowest BCUT2D eigenvalue weighted by molar-refractivity contribution is 0.475. The molecule has 0 aliphatic heterocycles. The summed E-state index contributed by atoms with van der Waals surface area (Å²) in [7, 11) is 1.68. The summed E-state index contributed by atoms with van der Waals surface area (Å²) in [5.74, 6) is 0.198. The summed E-state index contributed by atoms with van der Waals surface area (Å²) in [6, 6.07) is 6.60. The van der Waals surface area contributed by atoms with Crippen LogP contribution < -0.4 is 5.56 Å². The van der Waals surface area contributed by atoms with Crippen LogP contribution in [0.1, 0.15) is 5.69 Å². The molecular weight excluding hydrogens is 192 g/mol. The lowest BCUT2D eigenvalue weighted by Gasteiger charge is -1.97. The van der Waals surface area contributed by atoms with Crippen LogP contribution in [0.15, 0.2) is 29.1 Å². The Bertz CT molecular complexity index is 535. The first-order valence-electron chi connectivity index (χ1n) is 4.64. The Morgan fingerprint density at radius 3 is 2.33 bits per heavy atom. The molecule has 0 amide bonds. The standard InChI is InChI=1S/C11H12N2O2/c1-7-10(11(15)13(2)12-7)8-3-5-9(14)6-4-8/h3-6,12,14H,1-2H3. The second-order valence-electron chi connectivity index (χ2n) is 3.52. The van der Waals surface area contributed by atoms with E-state index in [2.05, 4.69) is 5.10 Å². The van der Waals surface area contributed by atoms with Gasteiger partial charge in [0.1, 0.15) is 5.75 Å². The Morgan fingerprint density at radius 2 is 1.87 bits per heavy atom. The highest BCUT2D eigenvalue weighted by molar-refractivity contribution is 5.65. The molecule has 0 radical (unpaired) electrons. The molecule has 0 spiro atoms. The average molecular weight is 204 g/mol. The van der Waals surface area contributed by atoms with Gasteiger partial charge < -0.3 is 5.11 Å². The number of hydrogen-bond donors (Lipinski definition) is 2. The van der Waals surface area contributed by atoms with Gasteiger partial charge in [-0.1, -0.05) is 12.1 Å². The zero-order valence-electron chi connectivity index (χ0n) is 8.61. The Kier molecular flexibility index (Phi) is 2.11. The van der Waals surface area contributed by atoms with Crippen LogP contribution in [0.25, 0.3) is 11.1 Å². The Labute approximate surface area is 86.8 Å². The van der Waals surface area contributed by atoms with E-state index in [1.807, 2.05) is 6.92 Å². The van der Waals surface area contributed by atoms with Gasteiger partial charge in [0.15, 0.2) is 0 Å². The van der Waals surface area contributed by atoms with E-state index in [4.69, 9.17) is 5.11 Å². The zero-order chi connectivity index (χ0) is 11.0. The van der Waals surface area contributed by atoms with Crippen molar-refractivity contribution >= 4 is 0 Å². The number of aromatic amines is 1. The summed E-state index contributed by atoms with van der Waals surface area (Å²) < 4.78 is 1.44. The van der Waals surface area contributed by atoms with Crippen LogP contribution in [0, 0.1) is 6.92 Å². The van der Waals surface area contributed by atoms with Crippen LogP contribution in [0.5, 0.6) is 5.75 Å². The summed E-state index contributed by atoms with van der Waals surface area (Å²) in [6.45, 7) is 1.85. The number of phenols is 1. The van der Waals surface area contributed by atoms with E-state index >= 15 is 0 Å². The van der Waals surface area contributed by atoms with E-state index in [1.54, 1.807) is 31.3 Å². The summed E-state index contributed by atoms with van der Waals surface area (Å²) in [5.41, 5.74) is 2.23. The monoisotopic (exact) mass is 204 g/mol. The van der Waals surface area contributed by atoms with E-state index < -0.39 is 0 Å². The predicted molar refractivity (Wildman–Crippen MR) is 57.9 cm³/mol. The average Bonchev–Trinajstić information content (AvgIpc) is 2.44. The van der Waals surface area contributed by atoms with Crippen LogP contribution in [0.3, 0.4) is 0 Å². The highest BCUT2D eigenvalue weighted by Crippen LogP contribution is 2.20. The minimum absolute atomic E-state index is 0.0572. The van der Waals surface area contributed by atoms with Crippen molar-refractivity contribution < 1.29 is 5.11 Å². The SMILES string of the molecule is Cc1[nH]n(C)c(=O)c1-c1ccc(O)cc1. The molecule has 4 nitrogen and oxygen atoms in total. The molecule has 0 aliphatic rings. The highest BCUT2D eigenvalue weighted by atomic mass is 16.3. The Balaban J connectivity index is 2.64. The maximum absolute atomic E-state index is 11.7. The van der Waals surface area contributed by atoms with E-state index in [1.165, 1.54) is 4.68 Å². The lowest BCUT2D eigenvalue weighted by atomic mass is 10.1. The maximum Gasteiger partial charge on any atom is 0.274 e. The van der Waals surface area contributed by atoms with Crippen molar-refractivity contribution in [2.45, 2.75) is 6.92 Å². The predicted octanol–water partition coefficient (Wildman–Crippen LogP) is 1.39. The normalized spacial score (nSPS) is 10.5. The van der Waals surface area contributed by atoms with Gasteiger partial charge in [-0.05, 0) is 24.6 Å². The molecule has 1 aromatic carbocycles. The van der Waals surface area contributed by atoms with Gasteiger partial charge in [-0.2, -0.15) is 0 Å². The van der Waals surface area contributed by atoms with Gasteiger partial charge in [0.05, 0.1) is 5.56 Å². The molecule has 0 atom stereocenters. The fourth-order valence-electron chi connectivity index (χ4n) is 1.65. The first-order valence-corrected chi connectivity index (χ1v) is 4.64. The third-order valence-electron chi connectivity index (χ3n) is 2.38. The van der Waals surface area contributed by atoms with Crippen LogP contribution >= 0.6 is 0 Å². The van der Waals surface area contributed by atoms with E-state index in [9.17, 15) is 4.79 Å². The van der Waals surface area contributed by atoms with Gasteiger partial charge in [-0.15, -0.1) is 0 Å². The molecule has 2 aromatic rings. The summed E-state index contributed by atoms with van der Waals surface area (Å²) in [6.07, 6.45) is 0. The maximum atomic E-state index is 11.7. The van der Waals surface area contributed by atoms with Crippen LogP contribution in [0.4, 0.5) is 0 Å². The molecule has 0 unspecified atom stereocenters. The number of aryl methyl sites for hydroxylation is 2. The van der Waals surface area contributed by atoms with Gasteiger partial charge in [0, 0.05) is 12.7 Å². The first-order chi connectivity index (χ1) is 7.09. The van der Waals surface area contributed by atoms with Crippen molar-refractivity contribution in [2.75, 3.05) is 0 Å². The van der Waals surface area contributed by atoms with E-state index in [0.29, 0.717) is 5.56 Å². The minimum atomic E-state index is -0.0572. The number of phenolic OH excluding ortho intramolecular Hbond substituents is 1. The number of hydrogen-bond acceptors (Lipinski definition) is 2. The van der Waals surface area contributed by atoms with Crippen molar-refractivity contribution in [3.8, 4) is 16.9 Å². The van der Waals surface area contributed by atoms with Gasteiger partial charge in [0.25, 0.3) is 5.56 Å². The molecule has 15 heavy (non-hydrogen) atoms. The molecule has 0 fully saturated rings. The number of nitrogens with zero attached hydrogens (tertiary/aromatic N) is 1. The molecule has 0 saturated carbocycles. The Hall–Kier alpha value is -1.97. The number of benzene rings is 1. The minimum Gasteiger partial charge on any atom is -0.508 e. The van der Waals surface area contributed by atoms with Crippen molar-refractivity contribution in [2.24, 2.45) is 7.05 Å². The van der Waals surface area contributed by atoms with Crippen molar-refractivity contribution in [3.63, 3.8) is 0 Å². The molecule has 2 rings (SSSR count). The number of rotatable bonds is 1. The van der Waals surface area contributed by atoms with Gasteiger partial charge >= 0.3 is 0 Å². The van der Waals surface area contributed by atoms with Crippen LogP contribution in [0.2, 0.25) is 0 Å². The number of aromatic hydroxyl groups is 1. The molecule has 1 aromatic heterocycles. The fraction of sp³-hybridized carbons (Fsp3) is 0.182. The molecule has 0 bridgehead atoms. The molecule has 2 N–H and O–H groups in total. The molecule has 4 heteroatoms. The molecule has 1 heterocycles. The molecular formula is C11H12N2O2. The van der Waals surface area contributed by atoms with Crippen LogP contribution in [-0.2, 0) is 7.05 Å². The second-order valence-corrected chi connectivity index (χ2v) is 3.52. The largest absolute Gasteiger partial charge is 0.508 e. The Morgan fingerprint density at radius 1 is 1.27 bits per heavy atom. The topological polar surface area (TPSA) is 58.0 Å². The second kappa shape index (κ2) is 3.31. The summed E-state index contributed by atoms with van der Waals surface area (Å²) in [4.78, 5) is 11.7. The molecule has 0 aliphatic carbocycles. The molecule has 0 saturated heterocycles. The van der Waals surface area contributed by atoms with Crippen LogP contribution in [-0.4, -0.2) is 14.9 Å². The van der Waals surface area contributed by atoms with Gasteiger partial charge in [-0.3, -0.25) is 14.6 Å². The quantitative estimate of drug-likeness (QED) is 0.737. The summed E-state index contributed by atoms with van der Waals surface area (Å²) >= 11 is 0. The van der Waals surface area contributed by atoms with Gasteiger partial charge in [-0.25, -0.2) is 0 Å². The third-order valence-corrected chi connectivity index (χ3v) is 2.38.